The Labute approximate surface area is 80.5 Å². The maximum atomic E-state index is 10.7. The number of aliphatic hydroxyl groups excluding tert-OH is 1. The van der Waals surface area contributed by atoms with Gasteiger partial charge in [0, 0.05) is 13.6 Å². The minimum absolute atomic E-state index is 0.0408. The molecule has 0 saturated heterocycles. The summed E-state index contributed by atoms with van der Waals surface area (Å²) >= 11 is 0. The summed E-state index contributed by atoms with van der Waals surface area (Å²) in [5.74, 6) is 0.321. The second kappa shape index (κ2) is 4.05. The molecule has 0 radical (unpaired) electrons. The van der Waals surface area contributed by atoms with E-state index in [9.17, 15) is 10.1 Å². The van der Waals surface area contributed by atoms with E-state index in [-0.39, 0.29) is 18.8 Å². The molecule has 1 heterocycles. The van der Waals surface area contributed by atoms with Crippen LogP contribution in [-0.4, -0.2) is 33.0 Å². The molecule has 0 aromatic carbocycles. The maximum Gasteiger partial charge on any atom is 0.333 e. The Balaban J connectivity index is 3.05. The molecular weight excluding hydrogens is 188 g/mol. The van der Waals surface area contributed by atoms with Gasteiger partial charge in [-0.3, -0.25) is 10.1 Å². The van der Waals surface area contributed by atoms with E-state index < -0.39 is 4.92 Å². The fraction of sp³-hybridized carbons (Fsp3) is 0.571. The Bertz CT molecular complexity index is 347. The number of anilines is 1. The van der Waals surface area contributed by atoms with Gasteiger partial charge in [0.25, 0.3) is 0 Å². The van der Waals surface area contributed by atoms with Gasteiger partial charge in [-0.15, -0.1) is 0 Å². The van der Waals surface area contributed by atoms with Crippen LogP contribution in [0.3, 0.4) is 0 Å². The molecule has 2 N–H and O–H groups in total. The molecule has 14 heavy (non-hydrogen) atoms. The summed E-state index contributed by atoms with van der Waals surface area (Å²) in [6.07, 6.45) is 0. The minimum Gasteiger partial charge on any atom is -0.395 e. The quantitative estimate of drug-likeness (QED) is 0.528. The zero-order valence-electron chi connectivity index (χ0n) is 8.02. The highest BCUT2D eigenvalue weighted by Crippen LogP contribution is 2.26. The van der Waals surface area contributed by atoms with Crippen molar-refractivity contribution in [1.82, 2.24) is 9.78 Å². The van der Waals surface area contributed by atoms with Crippen LogP contribution in [0.5, 0.6) is 0 Å². The van der Waals surface area contributed by atoms with E-state index in [0.717, 1.165) is 0 Å². The van der Waals surface area contributed by atoms with E-state index >= 15 is 0 Å². The molecule has 0 unspecified atom stereocenters. The second-order valence-electron chi connectivity index (χ2n) is 2.81. The summed E-state index contributed by atoms with van der Waals surface area (Å²) in [6.45, 7) is 1.75. The van der Waals surface area contributed by atoms with Crippen LogP contribution in [0, 0.1) is 17.0 Å². The summed E-state index contributed by atoms with van der Waals surface area (Å²) < 4.78 is 1.39. The second-order valence-corrected chi connectivity index (χ2v) is 2.81. The van der Waals surface area contributed by atoms with Crippen LogP contribution >= 0.6 is 0 Å². The number of hydrogen-bond donors (Lipinski definition) is 2. The van der Waals surface area contributed by atoms with Crippen LogP contribution in [-0.2, 0) is 7.05 Å². The van der Waals surface area contributed by atoms with Crippen LogP contribution in [0.1, 0.15) is 5.69 Å². The molecule has 1 aromatic heterocycles. The zero-order chi connectivity index (χ0) is 10.7. The van der Waals surface area contributed by atoms with Gasteiger partial charge in [0.05, 0.1) is 11.5 Å². The lowest BCUT2D eigenvalue weighted by atomic mass is 10.4. The maximum absolute atomic E-state index is 10.7. The molecule has 78 valence electrons. The van der Waals surface area contributed by atoms with Gasteiger partial charge in [-0.2, -0.15) is 5.10 Å². The van der Waals surface area contributed by atoms with Gasteiger partial charge in [0.15, 0.2) is 0 Å². The first kappa shape index (κ1) is 10.5. The summed E-state index contributed by atoms with van der Waals surface area (Å²) in [6, 6.07) is 0. The van der Waals surface area contributed by atoms with Crippen LogP contribution in [0.25, 0.3) is 0 Å². The van der Waals surface area contributed by atoms with E-state index in [0.29, 0.717) is 11.5 Å². The minimum atomic E-state index is -0.484. The molecule has 0 aliphatic heterocycles. The number of rotatable bonds is 4. The van der Waals surface area contributed by atoms with Crippen molar-refractivity contribution < 1.29 is 10.0 Å². The smallest absolute Gasteiger partial charge is 0.333 e. The Morgan fingerprint density at radius 3 is 2.86 bits per heavy atom. The molecule has 1 aromatic rings. The average Bonchev–Trinajstić information content (AvgIpc) is 2.37. The molecule has 0 fully saturated rings. The predicted molar refractivity (Wildman–Crippen MR) is 50.2 cm³/mol. The van der Waals surface area contributed by atoms with Crippen LogP contribution < -0.4 is 5.32 Å². The Morgan fingerprint density at radius 2 is 2.36 bits per heavy atom. The lowest BCUT2D eigenvalue weighted by Gasteiger charge is -2.02. The van der Waals surface area contributed by atoms with Crippen LogP contribution in [0.15, 0.2) is 0 Å². The van der Waals surface area contributed by atoms with E-state index in [2.05, 4.69) is 10.4 Å². The molecule has 0 aliphatic carbocycles. The number of aliphatic hydroxyl groups is 1. The predicted octanol–water partition coefficient (Wildman–Crippen LogP) is 0.0409. The SMILES string of the molecule is Cc1nn(C)c(NCCO)c1[N+](=O)[O-]. The van der Waals surface area contributed by atoms with Crippen molar-refractivity contribution in [2.45, 2.75) is 6.92 Å². The van der Waals surface area contributed by atoms with Crippen molar-refractivity contribution in [3.05, 3.63) is 15.8 Å². The molecule has 0 spiro atoms. The Kier molecular flexibility index (Phi) is 3.03. The third-order valence-corrected chi connectivity index (χ3v) is 1.78. The largest absolute Gasteiger partial charge is 0.395 e. The van der Waals surface area contributed by atoms with Gasteiger partial charge >= 0.3 is 5.69 Å². The third-order valence-electron chi connectivity index (χ3n) is 1.78. The molecule has 1 rings (SSSR count). The molecule has 7 nitrogen and oxygen atoms in total. The Hall–Kier alpha value is -1.63. The molecule has 0 aliphatic rings. The normalized spacial score (nSPS) is 10.2. The highest BCUT2D eigenvalue weighted by Gasteiger charge is 2.23. The van der Waals surface area contributed by atoms with Gasteiger partial charge < -0.3 is 10.4 Å². The number of hydrogen-bond acceptors (Lipinski definition) is 5. The van der Waals surface area contributed by atoms with Gasteiger partial charge in [-0.1, -0.05) is 0 Å². The molecule has 7 heteroatoms. The summed E-state index contributed by atoms with van der Waals surface area (Å²) in [4.78, 5) is 10.2. The average molecular weight is 200 g/mol. The first-order valence-corrected chi connectivity index (χ1v) is 4.10. The molecule has 0 atom stereocenters. The van der Waals surface area contributed by atoms with Crippen molar-refractivity contribution in [3.8, 4) is 0 Å². The fourth-order valence-electron chi connectivity index (χ4n) is 1.24. The molecule has 0 bridgehead atoms. The summed E-state index contributed by atoms with van der Waals surface area (Å²) in [7, 11) is 1.61. The lowest BCUT2D eigenvalue weighted by Crippen LogP contribution is -2.10. The number of nitro groups is 1. The number of aromatic nitrogens is 2. The molecule has 0 amide bonds. The summed E-state index contributed by atoms with van der Waals surface area (Å²) in [5, 5.41) is 25.9. The van der Waals surface area contributed by atoms with Gasteiger partial charge in [0.1, 0.15) is 5.69 Å². The van der Waals surface area contributed by atoms with Crippen molar-refractivity contribution in [2.75, 3.05) is 18.5 Å². The van der Waals surface area contributed by atoms with E-state index in [1.165, 1.54) is 4.68 Å². The van der Waals surface area contributed by atoms with E-state index in [1.807, 2.05) is 0 Å². The highest BCUT2D eigenvalue weighted by molar-refractivity contribution is 5.59. The first-order chi connectivity index (χ1) is 6.57. The first-order valence-electron chi connectivity index (χ1n) is 4.10. The monoisotopic (exact) mass is 200 g/mol. The van der Waals surface area contributed by atoms with Crippen molar-refractivity contribution >= 4 is 11.5 Å². The molecular formula is C7H12N4O3. The van der Waals surface area contributed by atoms with Crippen molar-refractivity contribution in [2.24, 2.45) is 7.05 Å². The van der Waals surface area contributed by atoms with Gasteiger partial charge in [-0.05, 0) is 6.92 Å². The van der Waals surface area contributed by atoms with E-state index in [1.54, 1.807) is 14.0 Å². The topological polar surface area (TPSA) is 93.2 Å². The summed E-state index contributed by atoms with van der Waals surface area (Å²) in [5.41, 5.74) is 0.318. The van der Waals surface area contributed by atoms with Gasteiger partial charge in [0.2, 0.25) is 5.82 Å². The number of nitrogens with zero attached hydrogens (tertiary/aromatic N) is 3. The standard InChI is InChI=1S/C7H12N4O3/c1-5-6(11(13)14)7(8-3-4-12)10(2)9-5/h8,12H,3-4H2,1-2H3. The number of aryl methyl sites for hydroxylation is 2. The fourth-order valence-corrected chi connectivity index (χ4v) is 1.24. The lowest BCUT2D eigenvalue weighted by molar-refractivity contribution is -0.384. The highest BCUT2D eigenvalue weighted by atomic mass is 16.6. The Morgan fingerprint density at radius 1 is 1.71 bits per heavy atom. The van der Waals surface area contributed by atoms with Gasteiger partial charge in [-0.25, -0.2) is 4.68 Å². The third kappa shape index (κ3) is 1.82. The molecule has 0 saturated carbocycles. The number of nitrogens with one attached hydrogen (secondary N) is 1. The zero-order valence-corrected chi connectivity index (χ0v) is 8.02. The van der Waals surface area contributed by atoms with Crippen LogP contribution in [0.2, 0.25) is 0 Å². The van der Waals surface area contributed by atoms with Crippen molar-refractivity contribution in [3.63, 3.8) is 0 Å². The van der Waals surface area contributed by atoms with Crippen LogP contribution in [0.4, 0.5) is 11.5 Å². The van der Waals surface area contributed by atoms with E-state index in [4.69, 9.17) is 5.11 Å². The van der Waals surface area contributed by atoms with Crippen molar-refractivity contribution in [1.29, 1.82) is 0 Å².